The Hall–Kier alpha value is -3.88. The number of Topliss-reactive ketones (excluding diaryl/α,β-unsaturated/α-hetero) is 1. The van der Waals surface area contributed by atoms with Gasteiger partial charge in [0.05, 0.1) is 42.1 Å². The van der Waals surface area contributed by atoms with E-state index in [9.17, 15) is 39.6 Å². The number of rotatable bonds is 10. The number of carbonyl (C=O) groups is 4. The summed E-state index contributed by atoms with van der Waals surface area (Å²) in [6, 6.07) is 4.00. The van der Waals surface area contributed by atoms with Crippen molar-refractivity contribution in [1.82, 2.24) is 4.90 Å². The Morgan fingerprint density at radius 1 is 1.09 bits per heavy atom. The number of esters is 1. The molecule has 2 aliphatic carbocycles. The maximum atomic E-state index is 13.9. The molecule has 1 saturated heterocycles. The maximum absolute atomic E-state index is 13.9. The lowest BCUT2D eigenvalue weighted by Crippen LogP contribution is -2.54. The quantitative estimate of drug-likeness (QED) is 0.184. The van der Waals surface area contributed by atoms with Crippen LogP contribution in [0.1, 0.15) is 95.0 Å². The van der Waals surface area contributed by atoms with Crippen molar-refractivity contribution < 1.29 is 58.6 Å². The van der Waals surface area contributed by atoms with Gasteiger partial charge >= 0.3 is 5.97 Å². The smallest absolute Gasteiger partial charge is 0.306 e. The van der Waals surface area contributed by atoms with Crippen LogP contribution in [0.15, 0.2) is 18.2 Å². The molecule has 1 fully saturated rings. The fraction of sp³-hybridized carbons (Fsp3) is 0.529. The third-order valence-electron chi connectivity index (χ3n) is 9.35. The molecule has 0 saturated carbocycles. The van der Waals surface area contributed by atoms with Crippen molar-refractivity contribution >= 4 is 23.3 Å². The molecule has 0 aromatic heterocycles. The number of hydrogen-bond acceptors (Lipinski definition) is 13. The average molecular weight is 656 g/mol. The number of unbranched alkanes of at least 4 members (excludes halogenated alkanes) is 1. The van der Waals surface area contributed by atoms with E-state index in [4.69, 9.17) is 18.9 Å². The number of hydrogen-bond donors (Lipinski definition) is 4. The number of nitrogens with zero attached hydrogens (tertiary/aromatic N) is 1. The molecule has 5 rings (SSSR count). The molecule has 0 bridgehead atoms. The molecule has 1 aliphatic heterocycles. The Morgan fingerprint density at radius 2 is 1.79 bits per heavy atom. The van der Waals surface area contributed by atoms with Crippen LogP contribution in [0.3, 0.4) is 0 Å². The summed E-state index contributed by atoms with van der Waals surface area (Å²) in [7, 11) is 4.89. The van der Waals surface area contributed by atoms with Gasteiger partial charge in [-0.1, -0.05) is 25.5 Å². The van der Waals surface area contributed by atoms with Gasteiger partial charge in [0.1, 0.15) is 22.8 Å². The van der Waals surface area contributed by atoms with Crippen LogP contribution in [0.2, 0.25) is 0 Å². The average Bonchev–Trinajstić information content (AvgIpc) is 3.03. The number of carbonyl (C=O) groups excluding carboxylic acids is 4. The number of phenolic OH excluding ortho intramolecular Hbond substituents is 2. The van der Waals surface area contributed by atoms with Crippen molar-refractivity contribution in [2.75, 3.05) is 27.8 Å². The second-order valence-electron chi connectivity index (χ2n) is 12.6. The Balaban J connectivity index is 1.60. The molecule has 6 unspecified atom stereocenters. The highest BCUT2D eigenvalue weighted by atomic mass is 16.7. The molecular formula is C34H41NO12. The Bertz CT molecular complexity index is 1600. The number of ketones is 3. The Kier molecular flexibility index (Phi) is 9.76. The van der Waals surface area contributed by atoms with Gasteiger partial charge in [-0.3, -0.25) is 19.2 Å². The first-order valence-electron chi connectivity index (χ1n) is 15.7. The van der Waals surface area contributed by atoms with Gasteiger partial charge in [-0.05, 0) is 33.5 Å². The molecule has 13 nitrogen and oxygen atoms in total. The van der Waals surface area contributed by atoms with Crippen LogP contribution in [-0.4, -0.2) is 107 Å². The van der Waals surface area contributed by atoms with Crippen LogP contribution in [0.25, 0.3) is 0 Å². The molecule has 13 heteroatoms. The molecule has 47 heavy (non-hydrogen) atoms. The molecule has 2 aromatic rings. The summed E-state index contributed by atoms with van der Waals surface area (Å²) in [6.07, 6.45) is -3.40. The second-order valence-corrected chi connectivity index (χ2v) is 12.6. The van der Waals surface area contributed by atoms with E-state index in [-0.39, 0.29) is 40.8 Å². The lowest BCUT2D eigenvalue weighted by atomic mass is 9.72. The summed E-state index contributed by atoms with van der Waals surface area (Å²) >= 11 is 0. The van der Waals surface area contributed by atoms with Crippen LogP contribution >= 0.6 is 0 Å². The largest absolute Gasteiger partial charge is 0.507 e. The van der Waals surface area contributed by atoms with Crippen molar-refractivity contribution in [2.45, 2.75) is 88.6 Å². The molecule has 2 aromatic carbocycles. The highest BCUT2D eigenvalue weighted by Crippen LogP contribution is 2.52. The van der Waals surface area contributed by atoms with Crippen LogP contribution in [0, 0.1) is 0 Å². The van der Waals surface area contributed by atoms with Crippen LogP contribution in [0.5, 0.6) is 17.2 Å². The molecule has 0 spiro atoms. The molecule has 0 amide bonds. The molecular weight excluding hydrogens is 614 g/mol. The molecule has 1 heterocycles. The van der Waals surface area contributed by atoms with Crippen molar-refractivity contribution in [2.24, 2.45) is 0 Å². The van der Waals surface area contributed by atoms with Gasteiger partial charge in [-0.2, -0.15) is 0 Å². The molecule has 3 aliphatic rings. The minimum atomic E-state index is -2.27. The van der Waals surface area contributed by atoms with E-state index in [1.165, 1.54) is 25.3 Å². The zero-order chi connectivity index (χ0) is 34.4. The van der Waals surface area contributed by atoms with Crippen molar-refractivity contribution in [1.29, 1.82) is 0 Å². The normalized spacial score (nSPS) is 26.8. The van der Waals surface area contributed by atoms with Crippen molar-refractivity contribution in [3.05, 3.63) is 51.6 Å². The fourth-order valence-corrected chi connectivity index (χ4v) is 6.73. The number of ether oxygens (including phenoxy) is 4. The number of likely N-dealkylation sites (N-methyl/N-ethyl adjacent to an activating group) is 1. The summed E-state index contributed by atoms with van der Waals surface area (Å²) in [6.45, 7) is 2.80. The fourth-order valence-electron chi connectivity index (χ4n) is 6.73. The number of aliphatic hydroxyl groups excluding tert-OH is 1. The number of methoxy groups -OCH3 is 1. The second kappa shape index (κ2) is 13.3. The predicted molar refractivity (Wildman–Crippen MR) is 165 cm³/mol. The number of aromatic hydroxyl groups is 2. The first-order chi connectivity index (χ1) is 22.2. The third-order valence-corrected chi connectivity index (χ3v) is 9.35. The van der Waals surface area contributed by atoms with E-state index >= 15 is 0 Å². The van der Waals surface area contributed by atoms with Gasteiger partial charge in [-0.25, -0.2) is 0 Å². The first kappa shape index (κ1) is 34.5. The lowest BCUT2D eigenvalue weighted by molar-refractivity contribution is -0.256. The minimum Gasteiger partial charge on any atom is -0.507 e. The van der Waals surface area contributed by atoms with Crippen molar-refractivity contribution in [3.63, 3.8) is 0 Å². The summed E-state index contributed by atoms with van der Waals surface area (Å²) in [5, 5.41) is 45.9. The topological polar surface area (TPSA) is 189 Å². The van der Waals surface area contributed by atoms with E-state index in [0.717, 1.165) is 6.42 Å². The van der Waals surface area contributed by atoms with Crippen LogP contribution in [-0.2, 0) is 30.2 Å². The van der Waals surface area contributed by atoms with Crippen molar-refractivity contribution in [3.8, 4) is 17.2 Å². The highest BCUT2D eigenvalue weighted by molar-refractivity contribution is 6.31. The zero-order valence-corrected chi connectivity index (χ0v) is 27.1. The SMILES string of the molecule is CCCCC(=O)OCC(=O)C1(O)Cc2c(O)c3c(c(O)c2C(OC2CC(N(C)C)C(O)C(C)O2)C1)C(=O)c1c(OC)cccc1C3=O. The highest BCUT2D eigenvalue weighted by Gasteiger charge is 2.50. The van der Waals surface area contributed by atoms with Gasteiger partial charge < -0.3 is 44.3 Å². The molecule has 254 valence electrons. The summed E-state index contributed by atoms with van der Waals surface area (Å²) in [5.41, 5.74) is -3.62. The first-order valence-corrected chi connectivity index (χ1v) is 15.7. The van der Waals surface area contributed by atoms with Gasteiger partial charge in [0.15, 0.2) is 18.7 Å². The summed E-state index contributed by atoms with van der Waals surface area (Å²) < 4.78 is 22.7. The predicted octanol–water partition coefficient (Wildman–Crippen LogP) is 2.35. The molecule has 0 radical (unpaired) electrons. The summed E-state index contributed by atoms with van der Waals surface area (Å²) in [5.74, 6) is -4.27. The lowest BCUT2D eigenvalue weighted by Gasteiger charge is -2.44. The van der Waals surface area contributed by atoms with E-state index < -0.39 is 102 Å². The van der Waals surface area contributed by atoms with Crippen LogP contribution in [0.4, 0.5) is 0 Å². The van der Waals surface area contributed by atoms with Gasteiger partial charge in [0.2, 0.25) is 11.6 Å². The van der Waals surface area contributed by atoms with Crippen LogP contribution < -0.4 is 4.74 Å². The third kappa shape index (κ3) is 6.14. The van der Waals surface area contributed by atoms with E-state index in [1.807, 2.05) is 6.92 Å². The Morgan fingerprint density at radius 3 is 2.45 bits per heavy atom. The standard InChI is InChI=1S/C34H41NO12/c1-6-7-11-23(37)45-15-22(36)34(43)13-18-26(21(14-34)47-24-12-19(35(3)4)29(38)16(2)46-24)33(42)28-27(31(18)40)30(39)17-9-8-10-20(44-5)25(17)32(28)41/h8-10,16,19,21,24,29,38,40,42-43H,6-7,11-15H2,1-5H3. The number of benzene rings is 2. The zero-order valence-electron chi connectivity index (χ0n) is 27.1. The number of phenols is 2. The molecule has 6 atom stereocenters. The minimum absolute atomic E-state index is 0.0525. The van der Waals surface area contributed by atoms with E-state index in [2.05, 4.69) is 0 Å². The number of fused-ring (bicyclic) bond motifs is 3. The van der Waals surface area contributed by atoms with Gasteiger partial charge in [-0.15, -0.1) is 0 Å². The Labute approximate surface area is 272 Å². The number of aliphatic hydroxyl groups is 2. The van der Waals surface area contributed by atoms with E-state index in [0.29, 0.717) is 6.42 Å². The maximum Gasteiger partial charge on any atom is 0.306 e. The monoisotopic (exact) mass is 655 g/mol. The molecule has 4 N–H and O–H groups in total. The summed E-state index contributed by atoms with van der Waals surface area (Å²) in [4.78, 5) is 55.1. The van der Waals surface area contributed by atoms with E-state index in [1.54, 1.807) is 25.9 Å². The van der Waals surface area contributed by atoms with Gasteiger partial charge in [0, 0.05) is 48.4 Å². The van der Waals surface area contributed by atoms with Gasteiger partial charge in [0.25, 0.3) is 0 Å².